The van der Waals surface area contributed by atoms with E-state index in [1.807, 2.05) is 36.4 Å². The summed E-state index contributed by atoms with van der Waals surface area (Å²) in [7, 11) is 0. The number of thiophene rings is 1. The maximum atomic E-state index is 12.8. The fourth-order valence-electron chi connectivity index (χ4n) is 2.80. The van der Waals surface area contributed by atoms with E-state index in [1.54, 1.807) is 15.9 Å². The van der Waals surface area contributed by atoms with E-state index in [0.29, 0.717) is 21.8 Å². The van der Waals surface area contributed by atoms with Gasteiger partial charge in [-0.05, 0) is 43.5 Å². The summed E-state index contributed by atoms with van der Waals surface area (Å²) in [4.78, 5) is 31.9. The summed E-state index contributed by atoms with van der Waals surface area (Å²) >= 11 is 2.93. The van der Waals surface area contributed by atoms with E-state index < -0.39 is 0 Å². The van der Waals surface area contributed by atoms with Crippen LogP contribution in [0.1, 0.15) is 40.4 Å². The van der Waals surface area contributed by atoms with Crippen molar-refractivity contribution >= 4 is 39.8 Å². The minimum atomic E-state index is 0.00689. The molecule has 25 heavy (non-hydrogen) atoms. The largest absolute Gasteiger partial charge is 0.292 e. The maximum Gasteiger partial charge on any atom is 0.262 e. The maximum absolute atomic E-state index is 12.8. The van der Waals surface area contributed by atoms with Gasteiger partial charge in [-0.25, -0.2) is 4.98 Å². The zero-order valence-corrected chi connectivity index (χ0v) is 15.5. The SMILES string of the molecule is CCc1ccc(C(=O)CSc2nc3ccccc3c(=O)n2C2CC2)s1. The first-order valence-electron chi connectivity index (χ1n) is 8.43. The molecule has 1 fully saturated rings. The van der Waals surface area contributed by atoms with Gasteiger partial charge in [0.2, 0.25) is 0 Å². The molecule has 0 spiro atoms. The number of hydrogen-bond acceptors (Lipinski definition) is 5. The third kappa shape index (κ3) is 3.28. The third-order valence-corrected chi connectivity index (χ3v) is 6.53. The van der Waals surface area contributed by atoms with Crippen molar-refractivity contribution in [2.45, 2.75) is 37.4 Å². The fourth-order valence-corrected chi connectivity index (χ4v) is 4.73. The number of carbonyl (C=O) groups is 1. The lowest BCUT2D eigenvalue weighted by molar-refractivity contribution is 0.102. The molecule has 4 rings (SSSR count). The monoisotopic (exact) mass is 370 g/mol. The number of fused-ring (bicyclic) bond motifs is 1. The molecule has 1 aromatic carbocycles. The van der Waals surface area contributed by atoms with Gasteiger partial charge in [0, 0.05) is 10.9 Å². The van der Waals surface area contributed by atoms with Crippen LogP contribution in [0.2, 0.25) is 0 Å². The summed E-state index contributed by atoms with van der Waals surface area (Å²) < 4.78 is 1.78. The van der Waals surface area contributed by atoms with E-state index in [9.17, 15) is 9.59 Å². The van der Waals surface area contributed by atoms with Crippen LogP contribution in [0, 0.1) is 0 Å². The highest BCUT2D eigenvalue weighted by molar-refractivity contribution is 7.99. The lowest BCUT2D eigenvalue weighted by atomic mass is 10.2. The molecule has 1 saturated carbocycles. The Balaban J connectivity index is 1.63. The molecular formula is C19H18N2O2S2. The number of Topliss-reactive ketones (excluding diaryl/α,β-unsaturated/α-hetero) is 1. The number of aromatic nitrogens is 2. The molecule has 1 aliphatic carbocycles. The molecule has 1 aliphatic rings. The van der Waals surface area contributed by atoms with Crippen LogP contribution in [0.4, 0.5) is 0 Å². The van der Waals surface area contributed by atoms with Crippen molar-refractivity contribution < 1.29 is 4.79 Å². The first-order chi connectivity index (χ1) is 12.2. The van der Waals surface area contributed by atoms with Crippen LogP contribution in [0.15, 0.2) is 46.3 Å². The van der Waals surface area contributed by atoms with Crippen LogP contribution in [-0.4, -0.2) is 21.1 Å². The normalized spacial score (nSPS) is 14.1. The number of hydrogen-bond donors (Lipinski definition) is 0. The molecule has 128 valence electrons. The van der Waals surface area contributed by atoms with Gasteiger partial charge in [-0.2, -0.15) is 0 Å². The molecule has 2 aromatic heterocycles. The Kier molecular flexibility index (Phi) is 4.48. The number of para-hydroxylation sites is 1. The Morgan fingerprint density at radius 1 is 1.28 bits per heavy atom. The van der Waals surface area contributed by atoms with Crippen molar-refractivity contribution in [2.24, 2.45) is 0 Å². The van der Waals surface area contributed by atoms with Gasteiger partial charge < -0.3 is 0 Å². The molecule has 0 atom stereocenters. The fraction of sp³-hybridized carbons (Fsp3) is 0.316. The van der Waals surface area contributed by atoms with Gasteiger partial charge in [0.05, 0.1) is 21.5 Å². The summed E-state index contributed by atoms with van der Waals surface area (Å²) in [6, 6.07) is 11.6. The number of benzene rings is 1. The van der Waals surface area contributed by atoms with Crippen molar-refractivity contribution in [2.75, 3.05) is 5.75 Å². The van der Waals surface area contributed by atoms with Crippen LogP contribution >= 0.6 is 23.1 Å². The number of rotatable bonds is 6. The topological polar surface area (TPSA) is 52.0 Å². The molecule has 6 heteroatoms. The highest BCUT2D eigenvalue weighted by Crippen LogP contribution is 2.37. The van der Waals surface area contributed by atoms with Gasteiger partial charge in [-0.3, -0.25) is 14.2 Å². The van der Waals surface area contributed by atoms with Crippen molar-refractivity contribution in [3.05, 3.63) is 56.5 Å². The first-order valence-corrected chi connectivity index (χ1v) is 10.2. The Bertz CT molecular complexity index is 1000. The molecule has 0 saturated heterocycles. The summed E-state index contributed by atoms with van der Waals surface area (Å²) in [5, 5.41) is 1.31. The van der Waals surface area contributed by atoms with Crippen LogP contribution in [0.5, 0.6) is 0 Å². The minimum absolute atomic E-state index is 0.00689. The average Bonchev–Trinajstić information content (AvgIpc) is 3.35. The molecule has 2 heterocycles. The molecule has 0 N–H and O–H groups in total. The molecule has 0 amide bonds. The second kappa shape index (κ2) is 6.77. The zero-order chi connectivity index (χ0) is 17.4. The van der Waals surface area contributed by atoms with Gasteiger partial charge >= 0.3 is 0 Å². The third-order valence-electron chi connectivity index (χ3n) is 4.30. The van der Waals surface area contributed by atoms with Crippen molar-refractivity contribution in [1.82, 2.24) is 9.55 Å². The summed E-state index contributed by atoms with van der Waals surface area (Å²) in [6.07, 6.45) is 2.96. The molecule has 0 bridgehead atoms. The lowest BCUT2D eigenvalue weighted by Gasteiger charge is -2.11. The smallest absolute Gasteiger partial charge is 0.262 e. The highest BCUT2D eigenvalue weighted by atomic mass is 32.2. The predicted octanol–water partition coefficient (Wildman–Crippen LogP) is 4.33. The number of thioether (sulfide) groups is 1. The van der Waals surface area contributed by atoms with E-state index in [1.165, 1.54) is 16.6 Å². The zero-order valence-electron chi connectivity index (χ0n) is 13.9. The summed E-state index contributed by atoms with van der Waals surface area (Å²) in [5.41, 5.74) is 0.705. The summed E-state index contributed by atoms with van der Waals surface area (Å²) in [5.74, 6) is 0.403. The van der Waals surface area contributed by atoms with E-state index in [-0.39, 0.29) is 17.4 Å². The van der Waals surface area contributed by atoms with Gasteiger partial charge in [0.15, 0.2) is 10.9 Å². The standard InChI is InChI=1S/C19H18N2O2S2/c1-2-13-9-10-17(25-13)16(22)11-24-19-20-15-6-4-3-5-14(15)18(23)21(19)12-7-8-12/h3-6,9-10,12H,2,7-8,11H2,1H3. The van der Waals surface area contributed by atoms with Gasteiger partial charge in [-0.15, -0.1) is 11.3 Å². The molecule has 0 radical (unpaired) electrons. The van der Waals surface area contributed by atoms with Gasteiger partial charge in [0.1, 0.15) is 0 Å². The second-order valence-corrected chi connectivity index (χ2v) is 8.26. The Labute approximate surface area is 153 Å². The molecular weight excluding hydrogens is 352 g/mol. The van der Waals surface area contributed by atoms with E-state index in [2.05, 4.69) is 11.9 Å². The first kappa shape index (κ1) is 16.5. The minimum Gasteiger partial charge on any atom is -0.292 e. The summed E-state index contributed by atoms with van der Waals surface area (Å²) in [6.45, 7) is 2.09. The Morgan fingerprint density at radius 3 is 2.80 bits per heavy atom. The van der Waals surface area contributed by atoms with Crippen molar-refractivity contribution in [3.8, 4) is 0 Å². The van der Waals surface area contributed by atoms with Crippen LogP contribution in [-0.2, 0) is 6.42 Å². The second-order valence-electron chi connectivity index (χ2n) is 6.15. The van der Waals surface area contributed by atoms with Crippen LogP contribution in [0.3, 0.4) is 0 Å². The molecule has 0 unspecified atom stereocenters. The van der Waals surface area contributed by atoms with Crippen LogP contribution in [0.25, 0.3) is 10.9 Å². The lowest BCUT2D eigenvalue weighted by Crippen LogP contribution is -2.22. The van der Waals surface area contributed by atoms with Crippen molar-refractivity contribution in [1.29, 1.82) is 0 Å². The van der Waals surface area contributed by atoms with Crippen LogP contribution < -0.4 is 5.56 Å². The van der Waals surface area contributed by atoms with E-state index in [0.717, 1.165) is 24.1 Å². The molecule has 0 aliphatic heterocycles. The number of aryl methyl sites for hydroxylation is 1. The highest BCUT2D eigenvalue weighted by Gasteiger charge is 2.28. The van der Waals surface area contributed by atoms with Gasteiger partial charge in [0.25, 0.3) is 5.56 Å². The quantitative estimate of drug-likeness (QED) is 0.368. The van der Waals surface area contributed by atoms with E-state index >= 15 is 0 Å². The average molecular weight is 370 g/mol. The molecule has 4 nitrogen and oxygen atoms in total. The molecule has 3 aromatic rings. The number of ketones is 1. The Hall–Kier alpha value is -1.92. The Morgan fingerprint density at radius 2 is 2.08 bits per heavy atom. The van der Waals surface area contributed by atoms with E-state index in [4.69, 9.17) is 0 Å². The van der Waals surface area contributed by atoms with Gasteiger partial charge in [-0.1, -0.05) is 30.8 Å². The predicted molar refractivity (Wildman–Crippen MR) is 103 cm³/mol. The number of carbonyl (C=O) groups excluding carboxylic acids is 1. The van der Waals surface area contributed by atoms with Crippen molar-refractivity contribution in [3.63, 3.8) is 0 Å². The number of nitrogens with zero attached hydrogens (tertiary/aromatic N) is 2.